The third kappa shape index (κ3) is 4.12. The maximum absolute atomic E-state index is 12.6. The van der Waals surface area contributed by atoms with Gasteiger partial charge in [-0.05, 0) is 29.3 Å². The number of rotatable bonds is 7. The molecule has 1 amide bonds. The summed E-state index contributed by atoms with van der Waals surface area (Å²) in [4.78, 5) is 23.7. The van der Waals surface area contributed by atoms with E-state index in [1.54, 1.807) is 13.8 Å². The second-order valence-corrected chi connectivity index (χ2v) is 5.18. The number of hydrogen-bond donors (Lipinski definition) is 2. The summed E-state index contributed by atoms with van der Waals surface area (Å²) in [6.45, 7) is 3.40. The summed E-state index contributed by atoms with van der Waals surface area (Å²) in [7, 11) is 0. The van der Waals surface area contributed by atoms with E-state index in [0.29, 0.717) is 18.7 Å². The zero-order valence-corrected chi connectivity index (χ0v) is 13.0. The summed E-state index contributed by atoms with van der Waals surface area (Å²) in [6.07, 6.45) is 0.669. The second-order valence-electron chi connectivity index (χ2n) is 5.18. The largest absolute Gasteiger partial charge is 0.480 e. The van der Waals surface area contributed by atoms with E-state index in [-0.39, 0.29) is 0 Å². The summed E-state index contributed by atoms with van der Waals surface area (Å²) in [5.74, 6) is -0.990. The molecule has 0 radical (unpaired) electrons. The highest BCUT2D eigenvalue weighted by Gasteiger charge is 2.27. The van der Waals surface area contributed by atoms with Crippen molar-refractivity contribution in [3.63, 3.8) is 0 Å². The number of aryl methyl sites for hydroxylation is 1. The molecule has 1 aromatic heterocycles. The average Bonchev–Trinajstić information content (AvgIpc) is 2.96. The lowest BCUT2D eigenvalue weighted by molar-refractivity contribution is -0.142. The summed E-state index contributed by atoms with van der Waals surface area (Å²) >= 11 is 0. The Morgan fingerprint density at radius 2 is 2.00 bits per heavy atom. The molecule has 2 rings (SSSR count). The van der Waals surface area contributed by atoms with Gasteiger partial charge in [0.1, 0.15) is 17.9 Å². The molecule has 122 valence electrons. The Bertz CT molecular complexity index is 671. The molecule has 2 unspecified atom stereocenters. The van der Waals surface area contributed by atoms with Crippen LogP contribution in [0.2, 0.25) is 0 Å². The maximum atomic E-state index is 12.6. The van der Waals surface area contributed by atoms with E-state index in [9.17, 15) is 9.59 Å². The van der Waals surface area contributed by atoms with Crippen molar-refractivity contribution in [2.45, 2.75) is 38.8 Å². The predicted molar refractivity (Wildman–Crippen MR) is 81.6 cm³/mol. The lowest BCUT2D eigenvalue weighted by Gasteiger charge is -2.20. The summed E-state index contributed by atoms with van der Waals surface area (Å²) < 4.78 is 1.41. The van der Waals surface area contributed by atoms with Gasteiger partial charge in [0.2, 0.25) is 5.91 Å². The lowest BCUT2D eigenvalue weighted by Crippen LogP contribution is -2.44. The fraction of sp³-hybridized carbons (Fsp3) is 0.400. The first kappa shape index (κ1) is 16.6. The fourth-order valence-corrected chi connectivity index (χ4v) is 2.26. The van der Waals surface area contributed by atoms with Crippen LogP contribution in [0.15, 0.2) is 30.3 Å². The highest BCUT2D eigenvalue weighted by Crippen LogP contribution is 2.15. The molecule has 0 aliphatic carbocycles. The predicted octanol–water partition coefficient (Wildman–Crippen LogP) is 0.745. The van der Waals surface area contributed by atoms with Gasteiger partial charge in [-0.2, -0.15) is 0 Å². The standard InChI is InChI=1S/C15H19N5O3/c1-3-12(15(22)23)16-14(21)13(20-10(2)17-18-19-20)9-11-7-5-4-6-8-11/h4-8,12-13H,3,9H2,1-2H3,(H,16,21)(H,22,23). The Balaban J connectivity index is 2.25. The Morgan fingerprint density at radius 1 is 1.30 bits per heavy atom. The number of aliphatic carboxylic acids is 1. The van der Waals surface area contributed by atoms with Gasteiger partial charge in [0, 0.05) is 6.42 Å². The monoisotopic (exact) mass is 317 g/mol. The molecule has 8 nitrogen and oxygen atoms in total. The SMILES string of the molecule is CCC(NC(=O)C(Cc1ccccc1)n1nnnc1C)C(=O)O. The van der Waals surface area contributed by atoms with E-state index >= 15 is 0 Å². The number of nitrogens with one attached hydrogen (secondary N) is 1. The third-order valence-electron chi connectivity index (χ3n) is 3.55. The highest BCUT2D eigenvalue weighted by atomic mass is 16.4. The molecule has 2 aromatic rings. The van der Waals surface area contributed by atoms with Crippen molar-refractivity contribution in [3.05, 3.63) is 41.7 Å². The van der Waals surface area contributed by atoms with Crippen molar-refractivity contribution < 1.29 is 14.7 Å². The van der Waals surface area contributed by atoms with Gasteiger partial charge in [0.25, 0.3) is 0 Å². The van der Waals surface area contributed by atoms with Crippen LogP contribution in [0.4, 0.5) is 0 Å². The summed E-state index contributed by atoms with van der Waals surface area (Å²) in [5.41, 5.74) is 0.936. The molecule has 8 heteroatoms. The molecular weight excluding hydrogens is 298 g/mol. The summed E-state index contributed by atoms with van der Waals surface area (Å²) in [6, 6.07) is 7.80. The van der Waals surface area contributed by atoms with Gasteiger partial charge in [0.05, 0.1) is 0 Å². The minimum absolute atomic E-state index is 0.299. The Kier molecular flexibility index (Phi) is 5.40. The van der Waals surface area contributed by atoms with Crippen LogP contribution in [0, 0.1) is 6.92 Å². The number of carboxylic acid groups (broad SMARTS) is 1. The molecular formula is C15H19N5O3. The van der Waals surface area contributed by atoms with E-state index in [1.165, 1.54) is 4.68 Å². The first-order chi connectivity index (χ1) is 11.0. The molecule has 2 N–H and O–H groups in total. The number of carboxylic acids is 1. The van der Waals surface area contributed by atoms with E-state index in [4.69, 9.17) is 5.11 Å². The van der Waals surface area contributed by atoms with Crippen molar-refractivity contribution in [1.29, 1.82) is 0 Å². The van der Waals surface area contributed by atoms with Gasteiger partial charge in [0.15, 0.2) is 0 Å². The molecule has 2 atom stereocenters. The molecule has 0 aliphatic heterocycles. The third-order valence-corrected chi connectivity index (χ3v) is 3.55. The molecule has 0 fully saturated rings. The number of hydrogen-bond acceptors (Lipinski definition) is 5. The van der Waals surface area contributed by atoms with Gasteiger partial charge in [-0.1, -0.05) is 37.3 Å². The van der Waals surface area contributed by atoms with Crippen LogP contribution in [0.5, 0.6) is 0 Å². The molecule has 0 saturated heterocycles. The smallest absolute Gasteiger partial charge is 0.326 e. The van der Waals surface area contributed by atoms with Crippen LogP contribution in [-0.4, -0.2) is 43.2 Å². The number of nitrogens with zero attached hydrogens (tertiary/aromatic N) is 4. The second kappa shape index (κ2) is 7.48. The zero-order chi connectivity index (χ0) is 16.8. The number of carbonyl (C=O) groups is 2. The highest BCUT2D eigenvalue weighted by molar-refractivity contribution is 5.86. The van der Waals surface area contributed by atoms with Crippen molar-refractivity contribution >= 4 is 11.9 Å². The van der Waals surface area contributed by atoms with Crippen LogP contribution in [-0.2, 0) is 16.0 Å². The van der Waals surface area contributed by atoms with Gasteiger partial charge in [-0.25, -0.2) is 9.48 Å². The quantitative estimate of drug-likeness (QED) is 0.779. The van der Waals surface area contributed by atoms with E-state index in [0.717, 1.165) is 5.56 Å². The van der Waals surface area contributed by atoms with Crippen molar-refractivity contribution in [3.8, 4) is 0 Å². The average molecular weight is 317 g/mol. The van der Waals surface area contributed by atoms with Crippen LogP contribution in [0.1, 0.15) is 30.8 Å². The number of carbonyl (C=O) groups excluding carboxylic acids is 1. The Morgan fingerprint density at radius 3 is 2.52 bits per heavy atom. The van der Waals surface area contributed by atoms with Crippen LogP contribution < -0.4 is 5.32 Å². The Hall–Kier alpha value is -2.77. The normalized spacial score (nSPS) is 13.3. The molecule has 1 aromatic carbocycles. The van der Waals surface area contributed by atoms with Crippen LogP contribution >= 0.6 is 0 Å². The number of benzene rings is 1. The van der Waals surface area contributed by atoms with Gasteiger partial charge >= 0.3 is 5.97 Å². The molecule has 0 aliphatic rings. The van der Waals surface area contributed by atoms with Crippen molar-refractivity contribution in [2.24, 2.45) is 0 Å². The number of tetrazole rings is 1. The topological polar surface area (TPSA) is 110 Å². The molecule has 0 spiro atoms. The minimum Gasteiger partial charge on any atom is -0.480 e. The number of aromatic nitrogens is 4. The van der Waals surface area contributed by atoms with Crippen molar-refractivity contribution in [2.75, 3.05) is 0 Å². The van der Waals surface area contributed by atoms with E-state index in [1.807, 2.05) is 30.3 Å². The van der Waals surface area contributed by atoms with E-state index in [2.05, 4.69) is 20.8 Å². The lowest BCUT2D eigenvalue weighted by atomic mass is 10.0. The Labute approximate surface area is 133 Å². The molecule has 0 saturated carbocycles. The van der Waals surface area contributed by atoms with Gasteiger partial charge in [-0.15, -0.1) is 5.10 Å². The van der Waals surface area contributed by atoms with Gasteiger partial charge < -0.3 is 10.4 Å². The van der Waals surface area contributed by atoms with Crippen LogP contribution in [0.25, 0.3) is 0 Å². The molecule has 23 heavy (non-hydrogen) atoms. The minimum atomic E-state index is -1.06. The van der Waals surface area contributed by atoms with Gasteiger partial charge in [-0.3, -0.25) is 4.79 Å². The number of amides is 1. The molecule has 1 heterocycles. The molecule has 0 bridgehead atoms. The van der Waals surface area contributed by atoms with Crippen molar-refractivity contribution in [1.82, 2.24) is 25.5 Å². The first-order valence-electron chi connectivity index (χ1n) is 7.34. The van der Waals surface area contributed by atoms with Crippen LogP contribution in [0.3, 0.4) is 0 Å². The first-order valence-corrected chi connectivity index (χ1v) is 7.34. The zero-order valence-electron chi connectivity index (χ0n) is 13.0. The maximum Gasteiger partial charge on any atom is 0.326 e. The summed E-state index contributed by atoms with van der Waals surface area (Å²) in [5, 5.41) is 22.9. The van der Waals surface area contributed by atoms with E-state index < -0.39 is 24.0 Å². The fourth-order valence-electron chi connectivity index (χ4n) is 2.26.